The van der Waals surface area contributed by atoms with Gasteiger partial charge in [0.25, 0.3) is 0 Å². The quantitative estimate of drug-likeness (QED) is 0.632. The van der Waals surface area contributed by atoms with Gasteiger partial charge >= 0.3 is 0 Å². The second-order valence-electron chi connectivity index (χ2n) is 6.58. The van der Waals surface area contributed by atoms with Crippen molar-refractivity contribution in [3.05, 3.63) is 59.7 Å². The Kier molecular flexibility index (Phi) is 7.63. The van der Waals surface area contributed by atoms with Crippen molar-refractivity contribution in [3.63, 3.8) is 0 Å². The van der Waals surface area contributed by atoms with Gasteiger partial charge < -0.3 is 5.73 Å². The summed E-state index contributed by atoms with van der Waals surface area (Å²) in [6, 6.07) is 17.8. The first-order chi connectivity index (χ1) is 12.0. The lowest BCUT2D eigenvalue weighted by Crippen LogP contribution is -2.41. The number of hydrogen-bond acceptors (Lipinski definition) is 1. The van der Waals surface area contributed by atoms with E-state index in [0.717, 1.165) is 0 Å². The maximum atomic E-state index is 7.08. The van der Waals surface area contributed by atoms with Crippen molar-refractivity contribution in [3.8, 4) is 0 Å². The van der Waals surface area contributed by atoms with E-state index in [9.17, 15) is 0 Å². The third-order valence-corrected chi connectivity index (χ3v) is 10.3. The lowest BCUT2D eigenvalue weighted by molar-refractivity contribution is 0.611. The van der Waals surface area contributed by atoms with Gasteiger partial charge in [-0.25, -0.2) is 0 Å². The Hall–Kier alpha value is -0.740. The summed E-state index contributed by atoms with van der Waals surface area (Å²) in [5.74, 6) is 0. The van der Waals surface area contributed by atoms with Gasteiger partial charge in [-0.15, -0.1) is 0 Å². The molecule has 25 heavy (non-hydrogen) atoms. The van der Waals surface area contributed by atoms with Crippen LogP contribution in [-0.4, -0.2) is 24.6 Å². The van der Waals surface area contributed by atoms with Gasteiger partial charge in [0.2, 0.25) is 0 Å². The minimum absolute atomic E-state index is 0.134. The Labute approximate surface area is 156 Å². The molecule has 0 aliphatic rings. The molecule has 0 saturated heterocycles. The molecule has 0 bridgehead atoms. The van der Waals surface area contributed by atoms with E-state index in [4.69, 9.17) is 5.73 Å². The first-order valence-corrected chi connectivity index (χ1v) is 12.9. The zero-order chi connectivity index (χ0) is 18.4. The van der Waals surface area contributed by atoms with Crippen LogP contribution in [0, 0.1) is 0 Å². The average molecular weight is 373 g/mol. The molecule has 0 unspecified atom stereocenters. The molecule has 3 heteroatoms. The zero-order valence-corrected chi connectivity index (χ0v) is 18.2. The summed E-state index contributed by atoms with van der Waals surface area (Å²) in [5.41, 5.74) is 9.27. The van der Waals surface area contributed by atoms with Crippen LogP contribution < -0.4 is 16.3 Å². The van der Waals surface area contributed by atoms with E-state index in [1.54, 1.807) is 0 Å². The molecule has 0 radical (unpaired) electrons. The van der Waals surface area contributed by atoms with Crippen molar-refractivity contribution in [2.75, 3.05) is 24.6 Å². The standard InChI is InChI=1S/C22H33NP2/c1-6-24(7-2)20-16-12-10-14-18(20)22(5,23)19-15-11-13-17-21(19)25(8-3)9-4/h10-17H,6-9,23H2,1-5H3. The van der Waals surface area contributed by atoms with Gasteiger partial charge in [0, 0.05) is 0 Å². The number of benzene rings is 2. The molecule has 136 valence electrons. The molecule has 0 aromatic heterocycles. The SMILES string of the molecule is CCP(CC)c1ccccc1C(C)(N)c1ccccc1P(CC)CC. The molecule has 0 aliphatic heterocycles. The smallest absolute Gasteiger partial charge is 0.0649 e. The van der Waals surface area contributed by atoms with Crippen LogP contribution in [0.4, 0.5) is 0 Å². The van der Waals surface area contributed by atoms with E-state index in [1.165, 1.54) is 46.4 Å². The normalized spacial score (nSPS) is 12.2. The molecule has 0 atom stereocenters. The Bertz CT molecular complexity index is 616. The lowest BCUT2D eigenvalue weighted by Gasteiger charge is -2.34. The number of nitrogens with two attached hydrogens (primary N) is 1. The van der Waals surface area contributed by atoms with Crippen LogP contribution in [0.3, 0.4) is 0 Å². The molecule has 0 amide bonds. The molecule has 0 aliphatic carbocycles. The summed E-state index contributed by atoms with van der Waals surface area (Å²) < 4.78 is 0. The van der Waals surface area contributed by atoms with Crippen LogP contribution in [0.1, 0.15) is 45.7 Å². The molecule has 2 aromatic rings. The topological polar surface area (TPSA) is 26.0 Å². The Morgan fingerprint density at radius 1 is 0.680 bits per heavy atom. The molecule has 0 saturated carbocycles. The Morgan fingerprint density at radius 3 is 1.32 bits per heavy atom. The maximum Gasteiger partial charge on any atom is 0.0649 e. The summed E-state index contributed by atoms with van der Waals surface area (Å²) in [4.78, 5) is 0. The second kappa shape index (κ2) is 9.27. The number of hydrogen-bond donors (Lipinski definition) is 1. The van der Waals surface area contributed by atoms with Gasteiger partial charge in [-0.1, -0.05) is 92.1 Å². The minimum Gasteiger partial charge on any atom is -0.318 e. The highest BCUT2D eigenvalue weighted by Gasteiger charge is 2.31. The van der Waals surface area contributed by atoms with Crippen molar-refractivity contribution in [1.29, 1.82) is 0 Å². The van der Waals surface area contributed by atoms with Crippen LogP contribution in [0.2, 0.25) is 0 Å². The third-order valence-electron chi connectivity index (χ3n) is 5.14. The molecule has 2 rings (SSSR count). The van der Waals surface area contributed by atoms with Crippen LogP contribution >= 0.6 is 15.8 Å². The summed E-state index contributed by atoms with van der Waals surface area (Å²) in [7, 11) is -0.267. The monoisotopic (exact) mass is 373 g/mol. The fourth-order valence-electron chi connectivity index (χ4n) is 3.65. The highest BCUT2D eigenvalue weighted by molar-refractivity contribution is 7.66. The van der Waals surface area contributed by atoms with Crippen LogP contribution in [-0.2, 0) is 5.54 Å². The molecular weight excluding hydrogens is 340 g/mol. The fourth-order valence-corrected chi connectivity index (χ4v) is 7.80. The third kappa shape index (κ3) is 4.33. The molecule has 0 fully saturated rings. The highest BCUT2D eigenvalue weighted by Crippen LogP contribution is 2.41. The van der Waals surface area contributed by atoms with Crippen molar-refractivity contribution >= 4 is 26.5 Å². The molecule has 0 spiro atoms. The summed E-state index contributed by atoms with van der Waals surface area (Å²) in [6.07, 6.45) is 4.88. The van der Waals surface area contributed by atoms with E-state index in [-0.39, 0.29) is 15.8 Å². The van der Waals surface area contributed by atoms with Gasteiger partial charge in [0.05, 0.1) is 5.54 Å². The van der Waals surface area contributed by atoms with Crippen LogP contribution in [0.25, 0.3) is 0 Å². The molecule has 0 heterocycles. The Morgan fingerprint density at radius 2 is 1.00 bits per heavy atom. The van der Waals surface area contributed by atoms with Crippen molar-refractivity contribution in [1.82, 2.24) is 0 Å². The van der Waals surface area contributed by atoms with E-state index < -0.39 is 5.54 Å². The average Bonchev–Trinajstić information content (AvgIpc) is 2.64. The number of rotatable bonds is 8. The van der Waals surface area contributed by atoms with E-state index >= 15 is 0 Å². The fraction of sp³-hybridized carbons (Fsp3) is 0.455. The minimum atomic E-state index is -0.441. The van der Waals surface area contributed by atoms with Gasteiger partial charge in [-0.2, -0.15) is 0 Å². The molecule has 2 N–H and O–H groups in total. The van der Waals surface area contributed by atoms with Gasteiger partial charge in [0.15, 0.2) is 0 Å². The van der Waals surface area contributed by atoms with E-state index in [2.05, 4.69) is 83.1 Å². The largest absolute Gasteiger partial charge is 0.318 e. The Balaban J connectivity index is 2.61. The summed E-state index contributed by atoms with van der Waals surface area (Å²) in [5, 5.41) is 2.97. The van der Waals surface area contributed by atoms with Gasteiger partial charge in [0.1, 0.15) is 0 Å². The first-order valence-electron chi connectivity index (χ1n) is 9.48. The van der Waals surface area contributed by atoms with Crippen molar-refractivity contribution in [2.24, 2.45) is 5.73 Å². The van der Waals surface area contributed by atoms with Crippen LogP contribution in [0.5, 0.6) is 0 Å². The zero-order valence-electron chi connectivity index (χ0n) is 16.4. The molecular formula is C22H33NP2. The second-order valence-corrected chi connectivity index (χ2v) is 12.2. The maximum absolute atomic E-state index is 7.08. The lowest BCUT2D eigenvalue weighted by atomic mass is 9.85. The van der Waals surface area contributed by atoms with Gasteiger partial charge in [-0.3, -0.25) is 0 Å². The summed E-state index contributed by atoms with van der Waals surface area (Å²) in [6.45, 7) is 11.4. The van der Waals surface area contributed by atoms with Crippen molar-refractivity contribution in [2.45, 2.75) is 40.2 Å². The van der Waals surface area contributed by atoms with Gasteiger partial charge in [-0.05, 0) is 53.3 Å². The van der Waals surface area contributed by atoms with E-state index in [1.807, 2.05) is 0 Å². The molecule has 2 aromatic carbocycles. The van der Waals surface area contributed by atoms with Crippen molar-refractivity contribution < 1.29 is 0 Å². The first kappa shape index (κ1) is 20.6. The summed E-state index contributed by atoms with van der Waals surface area (Å²) >= 11 is 0. The van der Waals surface area contributed by atoms with Crippen LogP contribution in [0.15, 0.2) is 48.5 Å². The predicted octanol–water partition coefficient (Wildman–Crippen LogP) is 5.20. The highest BCUT2D eigenvalue weighted by atomic mass is 31.1. The predicted molar refractivity (Wildman–Crippen MR) is 119 cm³/mol. The molecule has 1 nitrogen and oxygen atoms in total. The van der Waals surface area contributed by atoms with E-state index in [0.29, 0.717) is 0 Å².